The van der Waals surface area contributed by atoms with Crippen LogP contribution >= 0.6 is 0 Å². The summed E-state index contributed by atoms with van der Waals surface area (Å²) in [4.78, 5) is 4.57. The third kappa shape index (κ3) is 6.29. The van der Waals surface area contributed by atoms with Gasteiger partial charge in [0, 0.05) is 26.4 Å². The molecular weight excluding hydrogens is 362 g/mol. The second-order valence-corrected chi connectivity index (χ2v) is 8.34. The van der Waals surface area contributed by atoms with E-state index in [0.717, 1.165) is 34.8 Å². The second-order valence-electron chi connectivity index (χ2n) is 6.32. The lowest BCUT2D eigenvalue weighted by molar-refractivity contribution is 0.411. The van der Waals surface area contributed by atoms with E-state index in [2.05, 4.69) is 21.7 Å². The first-order valence-corrected chi connectivity index (χ1v) is 10.6. The van der Waals surface area contributed by atoms with Gasteiger partial charge in [0.2, 0.25) is 0 Å². The summed E-state index contributed by atoms with van der Waals surface area (Å²) in [5.41, 5.74) is 3.31. The number of aliphatic imine (C=N–C) groups is 1. The maximum Gasteiger partial charge on any atom is 0.191 e. The predicted molar refractivity (Wildman–Crippen MR) is 109 cm³/mol. The molecule has 0 heterocycles. The van der Waals surface area contributed by atoms with Gasteiger partial charge in [0.15, 0.2) is 15.8 Å². The van der Waals surface area contributed by atoms with Crippen LogP contribution in [0, 0.1) is 6.92 Å². The lowest BCUT2D eigenvalue weighted by Gasteiger charge is -2.13. The van der Waals surface area contributed by atoms with Crippen molar-refractivity contribution in [1.29, 1.82) is 0 Å². The van der Waals surface area contributed by atoms with Crippen LogP contribution in [0.1, 0.15) is 16.7 Å². The number of aryl methyl sites for hydroxylation is 1. The highest BCUT2D eigenvalue weighted by molar-refractivity contribution is 7.90. The number of sulfone groups is 1. The highest BCUT2D eigenvalue weighted by atomic mass is 32.2. The molecule has 0 atom stereocenters. The van der Waals surface area contributed by atoms with E-state index in [4.69, 9.17) is 4.74 Å². The van der Waals surface area contributed by atoms with Crippen molar-refractivity contribution >= 4 is 15.8 Å². The van der Waals surface area contributed by atoms with Crippen LogP contribution in [0.15, 0.2) is 52.4 Å². The number of rotatable bonds is 7. The van der Waals surface area contributed by atoms with Gasteiger partial charge in [-0.15, -0.1) is 0 Å². The Morgan fingerprint density at radius 3 is 2.30 bits per heavy atom. The molecule has 2 aromatic carbocycles. The summed E-state index contributed by atoms with van der Waals surface area (Å²) >= 11 is 0. The monoisotopic (exact) mass is 389 g/mol. The minimum Gasteiger partial charge on any atom is -0.496 e. The Balaban J connectivity index is 1.83. The molecule has 0 aromatic heterocycles. The molecule has 0 fully saturated rings. The molecule has 6 nitrogen and oxygen atoms in total. The third-order valence-electron chi connectivity index (χ3n) is 4.20. The fraction of sp³-hybridized carbons (Fsp3) is 0.350. The Morgan fingerprint density at radius 1 is 1.07 bits per heavy atom. The molecule has 0 radical (unpaired) electrons. The van der Waals surface area contributed by atoms with Gasteiger partial charge < -0.3 is 15.4 Å². The molecule has 0 bridgehead atoms. The molecule has 27 heavy (non-hydrogen) atoms. The Bertz CT molecular complexity index is 891. The van der Waals surface area contributed by atoms with E-state index in [1.165, 1.54) is 6.26 Å². The zero-order valence-corrected chi connectivity index (χ0v) is 17.1. The molecule has 0 saturated heterocycles. The molecule has 0 aliphatic carbocycles. The minimum atomic E-state index is -3.15. The van der Waals surface area contributed by atoms with Crippen molar-refractivity contribution < 1.29 is 13.2 Å². The summed E-state index contributed by atoms with van der Waals surface area (Å²) in [6, 6.07) is 13.0. The van der Waals surface area contributed by atoms with Crippen LogP contribution in [0.4, 0.5) is 0 Å². The summed E-state index contributed by atoms with van der Waals surface area (Å²) in [5, 5.41) is 6.55. The molecular formula is C20H27N3O3S. The standard InChI is InChI=1S/C20H27N3O3S/c1-15-13-17(7-10-19(15)26-3)14-23-20(21-2)22-12-11-16-5-8-18(9-6-16)27(4,24)25/h5-10,13H,11-12,14H2,1-4H3,(H2,21,22,23). The van der Waals surface area contributed by atoms with Crippen LogP contribution in [-0.4, -0.2) is 41.3 Å². The Labute approximate surface area is 161 Å². The van der Waals surface area contributed by atoms with E-state index < -0.39 is 9.84 Å². The first kappa shape index (κ1) is 20.8. The van der Waals surface area contributed by atoms with Crippen LogP contribution in [-0.2, 0) is 22.8 Å². The summed E-state index contributed by atoms with van der Waals surface area (Å²) in [6.07, 6.45) is 1.98. The number of guanidine groups is 1. The lowest BCUT2D eigenvalue weighted by Crippen LogP contribution is -2.37. The van der Waals surface area contributed by atoms with Crippen LogP contribution in [0.5, 0.6) is 5.75 Å². The lowest BCUT2D eigenvalue weighted by atomic mass is 10.1. The van der Waals surface area contributed by atoms with Gasteiger partial charge in [-0.3, -0.25) is 4.99 Å². The van der Waals surface area contributed by atoms with E-state index >= 15 is 0 Å². The molecule has 0 unspecified atom stereocenters. The Hall–Kier alpha value is -2.54. The van der Waals surface area contributed by atoms with Crippen molar-refractivity contribution in [3.8, 4) is 5.75 Å². The maximum atomic E-state index is 11.5. The van der Waals surface area contributed by atoms with Gasteiger partial charge in [0.25, 0.3) is 0 Å². The fourth-order valence-corrected chi connectivity index (χ4v) is 3.32. The van der Waals surface area contributed by atoms with Gasteiger partial charge in [-0.25, -0.2) is 8.42 Å². The Kier molecular flexibility index (Phi) is 7.24. The molecule has 0 amide bonds. The number of nitrogens with one attached hydrogen (secondary N) is 2. The molecule has 2 aromatic rings. The smallest absolute Gasteiger partial charge is 0.191 e. The van der Waals surface area contributed by atoms with Crippen molar-refractivity contribution in [3.05, 3.63) is 59.2 Å². The van der Waals surface area contributed by atoms with Gasteiger partial charge in [-0.1, -0.05) is 24.3 Å². The fourth-order valence-electron chi connectivity index (χ4n) is 2.69. The highest BCUT2D eigenvalue weighted by Gasteiger charge is 2.06. The normalized spacial score (nSPS) is 11.9. The SMILES string of the molecule is CN=C(NCCc1ccc(S(C)(=O)=O)cc1)NCc1ccc(OC)c(C)c1. The molecule has 2 N–H and O–H groups in total. The van der Waals surface area contributed by atoms with Crippen molar-refractivity contribution in [3.63, 3.8) is 0 Å². The van der Waals surface area contributed by atoms with Crippen molar-refractivity contribution in [2.24, 2.45) is 4.99 Å². The summed E-state index contributed by atoms with van der Waals surface area (Å²) in [6.45, 7) is 3.37. The zero-order valence-electron chi connectivity index (χ0n) is 16.2. The summed E-state index contributed by atoms with van der Waals surface area (Å²) < 4.78 is 28.3. The van der Waals surface area contributed by atoms with Crippen LogP contribution in [0.2, 0.25) is 0 Å². The molecule has 0 aliphatic rings. The van der Waals surface area contributed by atoms with E-state index in [1.54, 1.807) is 26.3 Å². The first-order valence-electron chi connectivity index (χ1n) is 8.70. The van der Waals surface area contributed by atoms with Crippen molar-refractivity contribution in [2.45, 2.75) is 24.8 Å². The third-order valence-corrected chi connectivity index (χ3v) is 5.33. The quantitative estimate of drug-likeness (QED) is 0.561. The van der Waals surface area contributed by atoms with Crippen LogP contribution in [0.25, 0.3) is 0 Å². The molecule has 0 spiro atoms. The molecule has 7 heteroatoms. The van der Waals surface area contributed by atoms with Crippen molar-refractivity contribution in [1.82, 2.24) is 10.6 Å². The van der Waals surface area contributed by atoms with Gasteiger partial charge in [-0.2, -0.15) is 0 Å². The van der Waals surface area contributed by atoms with Gasteiger partial charge in [0.1, 0.15) is 5.75 Å². The number of methoxy groups -OCH3 is 1. The number of nitrogens with zero attached hydrogens (tertiary/aromatic N) is 1. The second kappa shape index (κ2) is 9.41. The van der Waals surface area contributed by atoms with E-state index in [1.807, 2.05) is 31.2 Å². The van der Waals surface area contributed by atoms with Crippen LogP contribution in [0.3, 0.4) is 0 Å². The largest absolute Gasteiger partial charge is 0.496 e. The number of hydrogen-bond donors (Lipinski definition) is 2. The predicted octanol–water partition coefficient (Wildman–Crippen LogP) is 2.31. The van der Waals surface area contributed by atoms with Crippen molar-refractivity contribution in [2.75, 3.05) is 27.0 Å². The molecule has 2 rings (SSSR count). The highest BCUT2D eigenvalue weighted by Crippen LogP contribution is 2.18. The van der Waals surface area contributed by atoms with Gasteiger partial charge in [0.05, 0.1) is 12.0 Å². The molecule has 0 saturated carbocycles. The topological polar surface area (TPSA) is 79.8 Å². The average molecular weight is 390 g/mol. The number of hydrogen-bond acceptors (Lipinski definition) is 4. The Morgan fingerprint density at radius 2 is 1.74 bits per heavy atom. The van der Waals surface area contributed by atoms with E-state index in [9.17, 15) is 8.42 Å². The first-order chi connectivity index (χ1) is 12.8. The van der Waals surface area contributed by atoms with Gasteiger partial charge >= 0.3 is 0 Å². The van der Waals surface area contributed by atoms with E-state index in [0.29, 0.717) is 18.0 Å². The van der Waals surface area contributed by atoms with Crippen LogP contribution < -0.4 is 15.4 Å². The zero-order chi connectivity index (χ0) is 19.9. The van der Waals surface area contributed by atoms with Gasteiger partial charge in [-0.05, 0) is 48.2 Å². The number of ether oxygens (including phenoxy) is 1. The van der Waals surface area contributed by atoms with E-state index in [-0.39, 0.29) is 0 Å². The summed E-state index contributed by atoms with van der Waals surface area (Å²) in [5.74, 6) is 1.60. The molecule has 0 aliphatic heterocycles. The number of benzene rings is 2. The minimum absolute atomic E-state index is 0.339. The maximum absolute atomic E-state index is 11.5. The molecule has 146 valence electrons. The summed E-state index contributed by atoms with van der Waals surface area (Å²) in [7, 11) is 0.248. The average Bonchev–Trinajstić information content (AvgIpc) is 2.64.